The Bertz CT molecular complexity index is 1780. The smallest absolute Gasteiger partial charge is 0.263 e. The Morgan fingerprint density at radius 2 is 1.64 bits per heavy atom. The number of rotatable bonds is 8. The maximum atomic E-state index is 13.5. The molecule has 0 atom stereocenters. The fraction of sp³-hybridized carbons (Fsp3) is 0.167. The average molecular weight is 601 g/mol. The van der Waals surface area contributed by atoms with Gasteiger partial charge in [-0.2, -0.15) is 0 Å². The van der Waals surface area contributed by atoms with Gasteiger partial charge in [0.25, 0.3) is 15.9 Å². The number of fused-ring (bicyclic) bond motifs is 1. The molecule has 5 aromatic rings. The Hall–Kier alpha value is -4.68. The highest BCUT2D eigenvalue weighted by Gasteiger charge is 2.25. The molecule has 0 radical (unpaired) electrons. The van der Waals surface area contributed by atoms with Crippen molar-refractivity contribution in [2.24, 2.45) is 0 Å². The third-order valence-electron chi connectivity index (χ3n) is 6.99. The molecule has 1 aliphatic heterocycles. The molecule has 2 N–H and O–H groups in total. The largest absolute Gasteiger partial charge is 0.497 e. The van der Waals surface area contributed by atoms with Gasteiger partial charge in [0.15, 0.2) is 5.13 Å². The van der Waals surface area contributed by atoms with Gasteiger partial charge in [-0.25, -0.2) is 18.4 Å². The summed E-state index contributed by atoms with van der Waals surface area (Å²) in [5.74, 6) is 1.10. The van der Waals surface area contributed by atoms with Crippen molar-refractivity contribution in [2.75, 3.05) is 48.2 Å². The van der Waals surface area contributed by atoms with E-state index in [2.05, 4.69) is 24.9 Å². The Balaban J connectivity index is 1.11. The second kappa shape index (κ2) is 11.7. The van der Waals surface area contributed by atoms with Gasteiger partial charge in [0.05, 0.1) is 27.8 Å². The van der Waals surface area contributed by atoms with E-state index in [9.17, 15) is 13.2 Å². The minimum atomic E-state index is -3.83. The second-order valence-corrected chi connectivity index (χ2v) is 12.3. The highest BCUT2D eigenvalue weighted by Crippen LogP contribution is 2.28. The summed E-state index contributed by atoms with van der Waals surface area (Å²) in [5.41, 5.74) is 2.88. The topological polar surface area (TPSA) is 117 Å². The number of amides is 1. The molecule has 1 saturated heterocycles. The van der Waals surface area contributed by atoms with E-state index in [-0.39, 0.29) is 10.8 Å². The van der Waals surface area contributed by atoms with E-state index in [1.54, 1.807) is 37.6 Å². The number of piperazine rings is 1. The van der Waals surface area contributed by atoms with E-state index in [0.717, 1.165) is 21.7 Å². The lowest BCUT2D eigenvalue weighted by molar-refractivity contribution is 0.0747. The summed E-state index contributed by atoms with van der Waals surface area (Å²) in [4.78, 5) is 26.4. The van der Waals surface area contributed by atoms with Crippen LogP contribution in [-0.2, 0) is 10.0 Å². The first-order valence-corrected chi connectivity index (χ1v) is 15.6. The van der Waals surface area contributed by atoms with Gasteiger partial charge < -0.3 is 19.9 Å². The van der Waals surface area contributed by atoms with Gasteiger partial charge in [0.2, 0.25) is 0 Å². The number of benzene rings is 3. The van der Waals surface area contributed by atoms with E-state index in [0.29, 0.717) is 48.4 Å². The zero-order valence-corrected chi connectivity index (χ0v) is 24.4. The molecular weight excluding hydrogens is 573 g/mol. The van der Waals surface area contributed by atoms with E-state index in [1.165, 1.54) is 23.5 Å². The highest BCUT2D eigenvalue weighted by molar-refractivity contribution is 7.93. The van der Waals surface area contributed by atoms with Gasteiger partial charge in [-0.3, -0.25) is 9.52 Å². The number of aromatic nitrogens is 2. The lowest BCUT2D eigenvalue weighted by Gasteiger charge is -2.36. The predicted octanol–water partition coefficient (Wildman–Crippen LogP) is 5.21. The summed E-state index contributed by atoms with van der Waals surface area (Å²) in [6, 6.07) is 25.1. The van der Waals surface area contributed by atoms with Crippen molar-refractivity contribution < 1.29 is 17.9 Å². The van der Waals surface area contributed by atoms with Crippen LogP contribution in [0.15, 0.2) is 96.0 Å². The van der Waals surface area contributed by atoms with Gasteiger partial charge >= 0.3 is 0 Å². The molecule has 3 heterocycles. The quantitative estimate of drug-likeness (QED) is 0.250. The number of thiazole rings is 1. The van der Waals surface area contributed by atoms with Crippen LogP contribution < -0.4 is 19.7 Å². The van der Waals surface area contributed by atoms with Crippen molar-refractivity contribution in [3.05, 3.63) is 96.7 Å². The van der Waals surface area contributed by atoms with Gasteiger partial charge in [-0.15, -0.1) is 0 Å². The first-order chi connectivity index (χ1) is 20.4. The summed E-state index contributed by atoms with van der Waals surface area (Å²) in [5, 5.41) is 3.48. The molecule has 42 heavy (non-hydrogen) atoms. The van der Waals surface area contributed by atoms with Crippen molar-refractivity contribution >= 4 is 59.8 Å². The molecular formula is C30H28N6O4S2. The Labute approximate surface area is 247 Å². The number of nitrogens with one attached hydrogen (secondary N) is 2. The molecule has 10 nitrogen and oxygen atoms in total. The number of nitrogens with zero attached hydrogens (tertiary/aromatic N) is 4. The lowest BCUT2D eigenvalue weighted by Crippen LogP contribution is -2.48. The average Bonchev–Trinajstić information content (AvgIpc) is 3.43. The molecule has 0 saturated carbocycles. The second-order valence-electron chi connectivity index (χ2n) is 9.62. The zero-order valence-electron chi connectivity index (χ0n) is 22.7. The zero-order chi connectivity index (χ0) is 29.1. The summed E-state index contributed by atoms with van der Waals surface area (Å²) < 4.78 is 34.6. The standard InChI is InChI=1S/C30H28N6O4S2/c1-40-23-12-10-22(11-13-23)35-17-19-36(20-18-35)29(37)25-5-4-16-31-28(25)32-21-8-14-24(15-9-21)42(38,39)34-30-33-26-6-2-3-7-27(26)41-30/h2-16H,17-20H2,1H3,(H,31,32)(H,33,34). The third kappa shape index (κ3) is 5.85. The number of sulfonamides is 1. The Morgan fingerprint density at radius 3 is 2.36 bits per heavy atom. The van der Waals surface area contributed by atoms with Crippen LogP contribution in [-0.4, -0.2) is 62.5 Å². The molecule has 3 aromatic carbocycles. The molecule has 0 aliphatic carbocycles. The fourth-order valence-electron chi connectivity index (χ4n) is 4.75. The summed E-state index contributed by atoms with van der Waals surface area (Å²) in [7, 11) is -2.19. The van der Waals surface area contributed by atoms with Crippen LogP contribution in [0.2, 0.25) is 0 Å². The first-order valence-electron chi connectivity index (χ1n) is 13.3. The Kier molecular flexibility index (Phi) is 7.64. The van der Waals surface area contributed by atoms with Crippen molar-refractivity contribution in [2.45, 2.75) is 4.90 Å². The van der Waals surface area contributed by atoms with Crippen molar-refractivity contribution in [1.82, 2.24) is 14.9 Å². The number of ether oxygens (including phenoxy) is 1. The van der Waals surface area contributed by atoms with Crippen LogP contribution >= 0.6 is 11.3 Å². The fourth-order valence-corrected chi connectivity index (χ4v) is 6.85. The summed E-state index contributed by atoms with van der Waals surface area (Å²) in [6.45, 7) is 2.57. The van der Waals surface area contributed by atoms with E-state index in [1.807, 2.05) is 53.4 Å². The summed E-state index contributed by atoms with van der Waals surface area (Å²) in [6.07, 6.45) is 1.61. The minimum Gasteiger partial charge on any atom is -0.497 e. The normalized spacial score (nSPS) is 13.6. The van der Waals surface area contributed by atoms with Gasteiger partial charge in [-0.05, 0) is 72.8 Å². The molecule has 0 unspecified atom stereocenters. The minimum absolute atomic E-state index is 0.0966. The van der Waals surface area contributed by atoms with Crippen molar-refractivity contribution in [3.63, 3.8) is 0 Å². The first kappa shape index (κ1) is 27.5. The number of carbonyl (C=O) groups is 1. The van der Waals surface area contributed by atoms with Gasteiger partial charge in [-0.1, -0.05) is 23.5 Å². The number of pyridine rings is 1. The lowest BCUT2D eigenvalue weighted by atomic mass is 10.2. The molecule has 214 valence electrons. The molecule has 0 bridgehead atoms. The number of hydrogen-bond acceptors (Lipinski definition) is 9. The van der Waals surface area contributed by atoms with Crippen LogP contribution in [0.4, 0.5) is 22.3 Å². The number of methoxy groups -OCH3 is 1. The summed E-state index contributed by atoms with van der Waals surface area (Å²) >= 11 is 1.27. The Morgan fingerprint density at radius 1 is 0.905 bits per heavy atom. The van der Waals surface area contributed by atoms with Crippen LogP contribution in [0.5, 0.6) is 5.75 Å². The molecule has 12 heteroatoms. The maximum absolute atomic E-state index is 13.5. The maximum Gasteiger partial charge on any atom is 0.263 e. The molecule has 1 amide bonds. The van der Waals surface area contributed by atoms with Crippen LogP contribution in [0.3, 0.4) is 0 Å². The van der Waals surface area contributed by atoms with Gasteiger partial charge in [0.1, 0.15) is 11.6 Å². The third-order valence-corrected chi connectivity index (χ3v) is 9.42. The van der Waals surface area contributed by atoms with Crippen LogP contribution in [0, 0.1) is 0 Å². The van der Waals surface area contributed by atoms with E-state index >= 15 is 0 Å². The monoisotopic (exact) mass is 600 g/mol. The molecule has 2 aromatic heterocycles. The number of hydrogen-bond donors (Lipinski definition) is 2. The molecule has 0 spiro atoms. The van der Waals surface area contributed by atoms with Crippen molar-refractivity contribution in [3.8, 4) is 5.75 Å². The molecule has 6 rings (SSSR count). The number of carbonyl (C=O) groups excluding carboxylic acids is 1. The SMILES string of the molecule is COc1ccc(N2CCN(C(=O)c3cccnc3Nc3ccc(S(=O)(=O)Nc4nc5ccccc5s4)cc3)CC2)cc1. The van der Waals surface area contributed by atoms with Crippen LogP contribution in [0.1, 0.15) is 10.4 Å². The predicted molar refractivity (Wildman–Crippen MR) is 166 cm³/mol. The van der Waals surface area contributed by atoms with E-state index in [4.69, 9.17) is 4.74 Å². The van der Waals surface area contributed by atoms with Crippen LogP contribution in [0.25, 0.3) is 10.2 Å². The number of anilines is 4. The molecule has 1 fully saturated rings. The van der Waals surface area contributed by atoms with E-state index < -0.39 is 10.0 Å². The highest BCUT2D eigenvalue weighted by atomic mass is 32.2. The number of para-hydroxylation sites is 1. The van der Waals surface area contributed by atoms with Gasteiger partial charge in [0, 0.05) is 43.8 Å². The van der Waals surface area contributed by atoms with Crippen molar-refractivity contribution in [1.29, 1.82) is 0 Å². The molecule has 1 aliphatic rings.